The maximum Gasteiger partial charge on any atom is 0.264 e. The lowest BCUT2D eigenvalue weighted by Gasteiger charge is -2.03. The van der Waals surface area contributed by atoms with Crippen LogP contribution < -0.4 is 5.73 Å². The molecule has 15 heavy (non-hydrogen) atoms. The molecule has 2 N–H and O–H groups in total. The number of amides is 1. The Morgan fingerprint density at radius 2 is 1.87 bits per heavy atom. The third-order valence-corrected chi connectivity index (χ3v) is 2.90. The third kappa shape index (κ3) is 2.24. The summed E-state index contributed by atoms with van der Waals surface area (Å²) >= 11 is 0. The van der Waals surface area contributed by atoms with Crippen molar-refractivity contribution in [1.82, 2.24) is 0 Å². The number of primary amides is 1. The second kappa shape index (κ2) is 3.74. The first-order chi connectivity index (χ1) is 6.75. The smallest absolute Gasteiger partial charge is 0.264 e. The van der Waals surface area contributed by atoms with E-state index in [-0.39, 0.29) is 0 Å². The quantitative estimate of drug-likeness (QED) is 0.801. The Kier molecular flexibility index (Phi) is 2.96. The van der Waals surface area contributed by atoms with Gasteiger partial charge in [-0.1, -0.05) is 0 Å². The van der Waals surface area contributed by atoms with Crippen molar-refractivity contribution in [3.05, 3.63) is 29.3 Å². The molecular formula is C7H4ClF2NO3S. The van der Waals surface area contributed by atoms with E-state index in [0.29, 0.717) is 12.1 Å². The summed E-state index contributed by atoms with van der Waals surface area (Å²) in [5.74, 6) is -4.24. The zero-order valence-electron chi connectivity index (χ0n) is 7.00. The van der Waals surface area contributed by atoms with Crippen LogP contribution in [0.1, 0.15) is 10.4 Å². The summed E-state index contributed by atoms with van der Waals surface area (Å²) in [4.78, 5) is 9.64. The molecule has 0 aliphatic rings. The molecule has 1 rings (SSSR count). The summed E-state index contributed by atoms with van der Waals surface area (Å²) in [6.45, 7) is 0. The van der Waals surface area contributed by atoms with Crippen molar-refractivity contribution < 1.29 is 22.0 Å². The molecule has 0 atom stereocenters. The zero-order chi connectivity index (χ0) is 11.8. The van der Waals surface area contributed by atoms with Gasteiger partial charge < -0.3 is 5.73 Å². The van der Waals surface area contributed by atoms with Gasteiger partial charge in [0.2, 0.25) is 0 Å². The molecule has 0 heterocycles. The van der Waals surface area contributed by atoms with E-state index < -0.39 is 37.1 Å². The highest BCUT2D eigenvalue weighted by Gasteiger charge is 2.24. The van der Waals surface area contributed by atoms with Crippen molar-refractivity contribution in [2.45, 2.75) is 4.90 Å². The van der Waals surface area contributed by atoms with Gasteiger partial charge in [-0.25, -0.2) is 17.2 Å². The Morgan fingerprint density at radius 3 is 2.27 bits per heavy atom. The van der Waals surface area contributed by atoms with Gasteiger partial charge in [-0.3, -0.25) is 4.79 Å². The van der Waals surface area contributed by atoms with Crippen LogP contribution in [0, 0.1) is 11.6 Å². The van der Waals surface area contributed by atoms with Gasteiger partial charge in [0.05, 0.1) is 0 Å². The monoisotopic (exact) mass is 255 g/mol. The van der Waals surface area contributed by atoms with Crippen molar-refractivity contribution in [3.8, 4) is 0 Å². The molecule has 0 radical (unpaired) electrons. The first-order valence-electron chi connectivity index (χ1n) is 3.47. The molecule has 0 bridgehead atoms. The fourth-order valence-corrected chi connectivity index (χ4v) is 1.85. The van der Waals surface area contributed by atoms with Gasteiger partial charge in [0.1, 0.15) is 16.3 Å². The van der Waals surface area contributed by atoms with Gasteiger partial charge in [0.15, 0.2) is 5.82 Å². The molecule has 0 aliphatic heterocycles. The Labute approximate surface area is 88.1 Å². The SMILES string of the molecule is NC(=O)c1c(F)ccc(S(=O)(=O)Cl)c1F. The van der Waals surface area contributed by atoms with Crippen LogP contribution >= 0.6 is 10.7 Å². The molecule has 0 saturated heterocycles. The molecule has 82 valence electrons. The highest BCUT2D eigenvalue weighted by molar-refractivity contribution is 8.13. The molecule has 0 fully saturated rings. The van der Waals surface area contributed by atoms with Crippen LogP contribution in [0.2, 0.25) is 0 Å². The Hall–Kier alpha value is -1.21. The fraction of sp³-hybridized carbons (Fsp3) is 0. The molecule has 1 aromatic carbocycles. The number of hydrogen-bond acceptors (Lipinski definition) is 3. The van der Waals surface area contributed by atoms with Crippen molar-refractivity contribution in [1.29, 1.82) is 0 Å². The molecule has 0 aromatic heterocycles. The number of carbonyl (C=O) groups is 1. The van der Waals surface area contributed by atoms with Gasteiger partial charge in [0.25, 0.3) is 15.0 Å². The van der Waals surface area contributed by atoms with Crippen molar-refractivity contribution in [2.24, 2.45) is 5.73 Å². The molecule has 4 nitrogen and oxygen atoms in total. The van der Waals surface area contributed by atoms with E-state index in [4.69, 9.17) is 10.7 Å². The molecule has 1 amide bonds. The highest BCUT2D eigenvalue weighted by atomic mass is 35.7. The van der Waals surface area contributed by atoms with E-state index in [9.17, 15) is 22.0 Å². The largest absolute Gasteiger partial charge is 0.365 e. The Morgan fingerprint density at radius 1 is 1.33 bits per heavy atom. The van der Waals surface area contributed by atoms with Crippen LogP contribution in [-0.2, 0) is 9.05 Å². The molecular weight excluding hydrogens is 252 g/mol. The molecule has 0 unspecified atom stereocenters. The molecule has 1 aromatic rings. The van der Waals surface area contributed by atoms with E-state index in [0.717, 1.165) is 0 Å². The van der Waals surface area contributed by atoms with Crippen LogP contribution in [0.15, 0.2) is 17.0 Å². The van der Waals surface area contributed by atoms with E-state index in [2.05, 4.69) is 5.73 Å². The average Bonchev–Trinajstić information content (AvgIpc) is 2.00. The summed E-state index contributed by atoms with van der Waals surface area (Å²) in [7, 11) is 0.467. The van der Waals surface area contributed by atoms with Gasteiger partial charge in [-0.2, -0.15) is 0 Å². The van der Waals surface area contributed by atoms with Crippen LogP contribution in [0.4, 0.5) is 8.78 Å². The van der Waals surface area contributed by atoms with Crippen LogP contribution in [0.3, 0.4) is 0 Å². The standard InChI is InChI=1S/C7H4ClF2NO3S/c8-15(13,14)4-2-1-3(9)5(6(4)10)7(11)12/h1-2H,(H2,11,12). The highest BCUT2D eigenvalue weighted by Crippen LogP contribution is 2.23. The van der Waals surface area contributed by atoms with Crippen molar-refractivity contribution in [2.75, 3.05) is 0 Å². The molecule has 0 aliphatic carbocycles. The van der Waals surface area contributed by atoms with Crippen molar-refractivity contribution >= 4 is 25.6 Å². The van der Waals surface area contributed by atoms with E-state index in [1.54, 1.807) is 0 Å². The summed E-state index contributed by atoms with van der Waals surface area (Å²) < 4.78 is 47.7. The lowest BCUT2D eigenvalue weighted by molar-refractivity contribution is 0.0991. The Bertz CT molecular complexity index is 529. The topological polar surface area (TPSA) is 77.2 Å². The minimum absolute atomic E-state index is 0.596. The van der Waals surface area contributed by atoms with Crippen LogP contribution in [0.5, 0.6) is 0 Å². The molecule has 0 spiro atoms. The van der Waals surface area contributed by atoms with Gasteiger partial charge >= 0.3 is 0 Å². The summed E-state index contributed by atoms with van der Waals surface area (Å²) in [5, 5.41) is 0. The van der Waals surface area contributed by atoms with E-state index in [1.807, 2.05) is 0 Å². The van der Waals surface area contributed by atoms with Crippen molar-refractivity contribution in [3.63, 3.8) is 0 Å². The normalized spacial score (nSPS) is 11.4. The minimum atomic E-state index is -4.38. The number of halogens is 3. The lowest BCUT2D eigenvalue weighted by Crippen LogP contribution is -2.17. The minimum Gasteiger partial charge on any atom is -0.365 e. The average molecular weight is 256 g/mol. The molecule has 0 saturated carbocycles. The number of benzene rings is 1. The maximum absolute atomic E-state index is 13.3. The second-order valence-electron chi connectivity index (χ2n) is 2.54. The van der Waals surface area contributed by atoms with Crippen LogP contribution in [-0.4, -0.2) is 14.3 Å². The lowest BCUT2D eigenvalue weighted by atomic mass is 10.2. The number of nitrogens with two attached hydrogens (primary N) is 1. The number of hydrogen-bond donors (Lipinski definition) is 1. The van der Waals surface area contributed by atoms with Gasteiger partial charge in [-0.05, 0) is 12.1 Å². The third-order valence-electron chi connectivity index (χ3n) is 1.56. The Balaban J connectivity index is 3.64. The zero-order valence-corrected chi connectivity index (χ0v) is 8.57. The predicted octanol–water partition coefficient (Wildman–Crippen LogP) is 0.991. The fourth-order valence-electron chi connectivity index (χ4n) is 0.948. The van der Waals surface area contributed by atoms with Crippen LogP contribution in [0.25, 0.3) is 0 Å². The first kappa shape index (κ1) is 11.9. The first-order valence-corrected chi connectivity index (χ1v) is 5.78. The predicted molar refractivity (Wildman–Crippen MR) is 47.9 cm³/mol. The summed E-state index contributed by atoms with van der Waals surface area (Å²) in [6, 6.07) is 1.21. The second-order valence-corrected chi connectivity index (χ2v) is 5.07. The summed E-state index contributed by atoms with van der Waals surface area (Å²) in [5.41, 5.74) is 3.54. The van der Waals surface area contributed by atoms with E-state index in [1.165, 1.54) is 0 Å². The maximum atomic E-state index is 13.3. The van der Waals surface area contributed by atoms with Gasteiger partial charge in [-0.15, -0.1) is 0 Å². The molecule has 8 heteroatoms. The number of rotatable bonds is 2. The van der Waals surface area contributed by atoms with E-state index >= 15 is 0 Å². The van der Waals surface area contributed by atoms with Gasteiger partial charge in [0, 0.05) is 10.7 Å². The number of carbonyl (C=O) groups excluding carboxylic acids is 1. The summed E-state index contributed by atoms with van der Waals surface area (Å²) in [6.07, 6.45) is 0.